The lowest BCUT2D eigenvalue weighted by Gasteiger charge is -2.31. The van der Waals surface area contributed by atoms with Gasteiger partial charge in [-0.1, -0.05) is 50.2 Å². The highest BCUT2D eigenvalue weighted by Crippen LogP contribution is 2.20. The molecule has 2 N–H and O–H groups in total. The second kappa shape index (κ2) is 15.1. The first-order valence-electron chi connectivity index (χ1n) is 11.8. The van der Waals surface area contributed by atoms with Crippen LogP contribution in [0.4, 0.5) is 5.82 Å². The number of ether oxygens (including phenoxy) is 1. The van der Waals surface area contributed by atoms with Gasteiger partial charge in [-0.25, -0.2) is 9.98 Å². The van der Waals surface area contributed by atoms with Crippen molar-refractivity contribution in [2.75, 3.05) is 57.4 Å². The van der Waals surface area contributed by atoms with Crippen LogP contribution >= 0.6 is 24.0 Å². The number of aromatic nitrogens is 1. The molecule has 1 saturated heterocycles. The van der Waals surface area contributed by atoms with Crippen molar-refractivity contribution in [1.82, 2.24) is 20.5 Å². The van der Waals surface area contributed by atoms with Crippen LogP contribution in [0.5, 0.6) is 0 Å². The first kappa shape index (κ1) is 27.3. The molecule has 3 rings (SSSR count). The van der Waals surface area contributed by atoms with Crippen molar-refractivity contribution >= 4 is 35.8 Å². The summed E-state index contributed by atoms with van der Waals surface area (Å²) in [4.78, 5) is 14.3. The summed E-state index contributed by atoms with van der Waals surface area (Å²) in [6.45, 7) is 14.0. The Morgan fingerprint density at radius 1 is 1.06 bits per heavy atom. The number of aliphatic imine (C=N–C) groups is 1. The van der Waals surface area contributed by atoms with Gasteiger partial charge < -0.3 is 20.3 Å². The maximum absolute atomic E-state index is 5.50. The zero-order valence-electron chi connectivity index (χ0n) is 20.2. The number of halogens is 1. The Morgan fingerprint density at radius 2 is 1.79 bits per heavy atom. The Bertz CT molecular complexity index is 825. The van der Waals surface area contributed by atoms with Crippen molar-refractivity contribution in [2.24, 2.45) is 4.99 Å². The van der Waals surface area contributed by atoms with E-state index in [4.69, 9.17) is 9.73 Å². The van der Waals surface area contributed by atoms with E-state index in [2.05, 4.69) is 82.6 Å². The highest BCUT2D eigenvalue weighted by Gasteiger charge is 2.19. The van der Waals surface area contributed by atoms with Gasteiger partial charge >= 0.3 is 0 Å². The first-order valence-corrected chi connectivity index (χ1v) is 11.8. The van der Waals surface area contributed by atoms with E-state index in [0.29, 0.717) is 6.54 Å². The molecule has 2 aromatic rings. The molecular weight excluding hydrogens is 527 g/mol. The maximum Gasteiger partial charge on any atom is 0.191 e. The smallest absolute Gasteiger partial charge is 0.191 e. The van der Waals surface area contributed by atoms with Crippen LogP contribution in [-0.4, -0.2) is 68.3 Å². The Kier molecular flexibility index (Phi) is 12.5. The molecule has 2 heterocycles. The van der Waals surface area contributed by atoms with Crippen molar-refractivity contribution in [2.45, 2.75) is 33.4 Å². The summed E-state index contributed by atoms with van der Waals surface area (Å²) in [7, 11) is 0. The zero-order chi connectivity index (χ0) is 22.6. The minimum Gasteiger partial charge on any atom is -0.378 e. The van der Waals surface area contributed by atoms with Crippen LogP contribution in [0.2, 0.25) is 0 Å². The van der Waals surface area contributed by atoms with Crippen molar-refractivity contribution < 1.29 is 4.74 Å². The molecule has 0 saturated carbocycles. The van der Waals surface area contributed by atoms with Gasteiger partial charge in [-0.2, -0.15) is 0 Å². The van der Waals surface area contributed by atoms with Crippen LogP contribution < -0.4 is 15.5 Å². The third-order valence-electron chi connectivity index (χ3n) is 5.83. The molecule has 1 atom stereocenters. The van der Waals surface area contributed by atoms with E-state index in [1.807, 2.05) is 12.3 Å². The molecule has 1 aliphatic heterocycles. The highest BCUT2D eigenvalue weighted by atomic mass is 127. The van der Waals surface area contributed by atoms with Gasteiger partial charge in [-0.3, -0.25) is 4.90 Å². The number of likely N-dealkylation sites (N-methyl/N-ethyl adjacent to an activating group) is 1. The molecular formula is C25H39IN6O. The Hall–Kier alpha value is -1.91. The molecule has 0 radical (unpaired) electrons. The quantitative estimate of drug-likeness (QED) is 0.260. The molecule has 182 valence electrons. The zero-order valence-corrected chi connectivity index (χ0v) is 22.5. The molecule has 1 unspecified atom stereocenters. The Balaban J connectivity index is 0.00000385. The fourth-order valence-corrected chi connectivity index (χ4v) is 4.11. The Labute approximate surface area is 216 Å². The normalized spacial score (nSPS) is 15.2. The summed E-state index contributed by atoms with van der Waals surface area (Å²) in [5.41, 5.74) is 2.45. The van der Waals surface area contributed by atoms with Crippen molar-refractivity contribution in [3.05, 3.63) is 59.8 Å². The average Bonchev–Trinajstić information content (AvgIpc) is 2.86. The lowest BCUT2D eigenvalue weighted by Crippen LogP contribution is -2.43. The second-order valence-corrected chi connectivity index (χ2v) is 7.81. The predicted octanol–water partition coefficient (Wildman–Crippen LogP) is 3.67. The number of hydrogen-bond donors (Lipinski definition) is 2. The number of morpholine rings is 1. The summed E-state index contributed by atoms with van der Waals surface area (Å²) in [5.74, 6) is 1.85. The van der Waals surface area contributed by atoms with Gasteiger partial charge in [0.05, 0.1) is 25.8 Å². The van der Waals surface area contributed by atoms with Gasteiger partial charge in [-0.05, 0) is 31.6 Å². The van der Waals surface area contributed by atoms with E-state index < -0.39 is 0 Å². The van der Waals surface area contributed by atoms with Gasteiger partial charge in [-0.15, -0.1) is 24.0 Å². The van der Waals surface area contributed by atoms with Crippen molar-refractivity contribution in [1.29, 1.82) is 0 Å². The van der Waals surface area contributed by atoms with Gasteiger partial charge in [0.25, 0.3) is 0 Å². The SMILES string of the molecule is CCNC(=NCc1cccnc1N1CCOCC1)NCC(c1ccccc1)N(CC)CC.I. The molecule has 0 spiro atoms. The van der Waals surface area contributed by atoms with Crippen molar-refractivity contribution in [3.8, 4) is 0 Å². The van der Waals surface area contributed by atoms with Crippen LogP contribution in [0, 0.1) is 0 Å². The topological polar surface area (TPSA) is 65.0 Å². The van der Waals surface area contributed by atoms with Crippen molar-refractivity contribution in [3.63, 3.8) is 0 Å². The van der Waals surface area contributed by atoms with Gasteiger partial charge in [0.1, 0.15) is 5.82 Å². The lowest BCUT2D eigenvalue weighted by atomic mass is 10.1. The molecule has 1 fully saturated rings. The van der Waals surface area contributed by atoms with Crippen LogP contribution in [0.25, 0.3) is 0 Å². The first-order chi connectivity index (χ1) is 15.8. The van der Waals surface area contributed by atoms with E-state index in [1.165, 1.54) is 5.56 Å². The monoisotopic (exact) mass is 566 g/mol. The molecule has 7 nitrogen and oxygen atoms in total. The highest BCUT2D eigenvalue weighted by molar-refractivity contribution is 14.0. The molecule has 1 aliphatic rings. The fourth-order valence-electron chi connectivity index (χ4n) is 4.11. The number of rotatable bonds is 10. The van der Waals surface area contributed by atoms with Crippen LogP contribution in [0.1, 0.15) is 37.9 Å². The van der Waals surface area contributed by atoms with Crippen LogP contribution in [-0.2, 0) is 11.3 Å². The number of nitrogens with zero attached hydrogens (tertiary/aromatic N) is 4. The van der Waals surface area contributed by atoms with E-state index in [1.54, 1.807) is 0 Å². The van der Waals surface area contributed by atoms with E-state index in [-0.39, 0.29) is 30.0 Å². The summed E-state index contributed by atoms with van der Waals surface area (Å²) >= 11 is 0. The molecule has 0 aliphatic carbocycles. The maximum atomic E-state index is 5.50. The minimum absolute atomic E-state index is 0. The molecule has 8 heteroatoms. The number of benzene rings is 1. The predicted molar refractivity (Wildman–Crippen MR) is 148 cm³/mol. The van der Waals surface area contributed by atoms with E-state index in [9.17, 15) is 0 Å². The van der Waals surface area contributed by atoms with Gasteiger partial charge in [0.2, 0.25) is 0 Å². The number of nitrogens with one attached hydrogen (secondary N) is 2. The summed E-state index contributed by atoms with van der Waals surface area (Å²) in [5, 5.41) is 6.98. The summed E-state index contributed by atoms with van der Waals surface area (Å²) in [6.07, 6.45) is 1.86. The number of guanidine groups is 1. The molecule has 0 bridgehead atoms. The molecule has 1 aromatic carbocycles. The minimum atomic E-state index is 0. The van der Waals surface area contributed by atoms with Gasteiger partial charge in [0, 0.05) is 37.9 Å². The Morgan fingerprint density at radius 3 is 2.45 bits per heavy atom. The third-order valence-corrected chi connectivity index (χ3v) is 5.83. The van der Waals surface area contributed by atoms with Crippen LogP contribution in [0.3, 0.4) is 0 Å². The van der Waals surface area contributed by atoms with E-state index in [0.717, 1.165) is 69.8 Å². The number of pyridine rings is 1. The second-order valence-electron chi connectivity index (χ2n) is 7.81. The largest absolute Gasteiger partial charge is 0.378 e. The number of anilines is 1. The van der Waals surface area contributed by atoms with Gasteiger partial charge in [0.15, 0.2) is 5.96 Å². The molecule has 0 amide bonds. The van der Waals surface area contributed by atoms with Crippen LogP contribution in [0.15, 0.2) is 53.7 Å². The van der Waals surface area contributed by atoms with E-state index >= 15 is 0 Å². The molecule has 33 heavy (non-hydrogen) atoms. The lowest BCUT2D eigenvalue weighted by molar-refractivity contribution is 0.122. The standard InChI is InChI=1S/C25H38N6O.HI/c1-4-26-25(29-20-23(30(5-2)6-3)21-11-8-7-9-12-21)28-19-22-13-10-14-27-24(22)31-15-17-32-18-16-31;/h7-14,23H,4-6,15-20H2,1-3H3,(H2,26,28,29);1H. The summed E-state index contributed by atoms with van der Waals surface area (Å²) < 4.78 is 5.50. The third kappa shape index (κ3) is 8.12. The fraction of sp³-hybridized carbons (Fsp3) is 0.520. The number of hydrogen-bond acceptors (Lipinski definition) is 5. The average molecular weight is 567 g/mol. The molecule has 1 aromatic heterocycles. The summed E-state index contributed by atoms with van der Waals surface area (Å²) in [6, 6.07) is 15.1.